The predicted octanol–water partition coefficient (Wildman–Crippen LogP) is 3.12. The molecule has 0 bridgehead atoms. The number of piperazine rings is 1. The van der Waals surface area contributed by atoms with Crippen molar-refractivity contribution in [1.82, 2.24) is 25.1 Å². The highest BCUT2D eigenvalue weighted by Gasteiger charge is 2.35. The number of unbranched alkanes of at least 4 members (excludes halogenated alkanes) is 1. The van der Waals surface area contributed by atoms with Gasteiger partial charge in [0.1, 0.15) is 11.7 Å². The number of nitrogens with zero attached hydrogens (tertiary/aromatic N) is 4. The van der Waals surface area contributed by atoms with Crippen LogP contribution in [0.25, 0.3) is 11.4 Å². The number of nitrogens with one attached hydrogen (secondary N) is 1. The number of aliphatic hydroxyl groups is 1. The van der Waals surface area contributed by atoms with Crippen molar-refractivity contribution >= 4 is 23.9 Å². The molecule has 12 heteroatoms. The summed E-state index contributed by atoms with van der Waals surface area (Å²) in [4.78, 5) is 62.5. The van der Waals surface area contributed by atoms with Gasteiger partial charge in [0, 0.05) is 44.1 Å². The van der Waals surface area contributed by atoms with Gasteiger partial charge in [0.05, 0.1) is 18.6 Å². The molecule has 4 rings (SSSR count). The molecule has 12 nitrogen and oxygen atoms in total. The lowest BCUT2D eigenvalue weighted by Gasteiger charge is -2.36. The van der Waals surface area contributed by atoms with Gasteiger partial charge in [0.2, 0.25) is 5.91 Å². The molecule has 2 heterocycles. The SMILES string of the molecule is CCCCOC(=O)N1CCN(C(=O)[C@H](CCC(=O)O)NC(=O)c2cc([C@H]3C/C3=C/O)nc(-c3ccccc3)n2)CC1. The maximum atomic E-state index is 13.4. The van der Waals surface area contributed by atoms with Gasteiger partial charge in [-0.1, -0.05) is 43.7 Å². The van der Waals surface area contributed by atoms with Crippen LogP contribution in [0.5, 0.6) is 0 Å². The van der Waals surface area contributed by atoms with E-state index in [2.05, 4.69) is 15.3 Å². The predicted molar refractivity (Wildman–Crippen MR) is 148 cm³/mol. The largest absolute Gasteiger partial charge is 0.516 e. The fourth-order valence-electron chi connectivity index (χ4n) is 4.57. The summed E-state index contributed by atoms with van der Waals surface area (Å²) >= 11 is 0. The first-order valence-electron chi connectivity index (χ1n) is 13.8. The Labute approximate surface area is 238 Å². The molecule has 2 atom stereocenters. The third kappa shape index (κ3) is 7.80. The molecular formula is C29H35N5O7. The molecule has 1 aromatic heterocycles. The molecular weight excluding hydrogens is 530 g/mol. The molecule has 41 heavy (non-hydrogen) atoms. The zero-order valence-corrected chi connectivity index (χ0v) is 23.0. The highest BCUT2D eigenvalue weighted by atomic mass is 16.6. The molecule has 1 aromatic carbocycles. The first-order valence-corrected chi connectivity index (χ1v) is 13.8. The smallest absolute Gasteiger partial charge is 0.409 e. The molecule has 2 aliphatic rings. The number of aliphatic hydroxyl groups excluding tert-OH is 1. The molecule has 218 valence electrons. The highest BCUT2D eigenvalue weighted by Crippen LogP contribution is 2.46. The Hall–Kier alpha value is -4.48. The monoisotopic (exact) mass is 565 g/mol. The molecule has 0 unspecified atom stereocenters. The van der Waals surface area contributed by atoms with Crippen molar-refractivity contribution in [2.24, 2.45) is 0 Å². The van der Waals surface area contributed by atoms with Crippen LogP contribution in [-0.4, -0.2) is 92.7 Å². The van der Waals surface area contributed by atoms with Crippen LogP contribution in [-0.2, 0) is 14.3 Å². The fourth-order valence-corrected chi connectivity index (χ4v) is 4.57. The normalized spacial score (nSPS) is 18.1. The average Bonchev–Trinajstić information content (AvgIpc) is 3.79. The van der Waals surface area contributed by atoms with Crippen LogP contribution >= 0.6 is 0 Å². The van der Waals surface area contributed by atoms with E-state index < -0.39 is 29.9 Å². The van der Waals surface area contributed by atoms with Crippen LogP contribution in [0.2, 0.25) is 0 Å². The summed E-state index contributed by atoms with van der Waals surface area (Å²) in [6.07, 6.45) is 2.48. The number of ether oxygens (including phenoxy) is 1. The molecule has 1 saturated carbocycles. The van der Waals surface area contributed by atoms with Gasteiger partial charge in [-0.05, 0) is 30.9 Å². The van der Waals surface area contributed by atoms with E-state index in [0.29, 0.717) is 30.1 Å². The van der Waals surface area contributed by atoms with Gasteiger partial charge < -0.3 is 30.1 Å². The van der Waals surface area contributed by atoms with Crippen LogP contribution in [0.1, 0.15) is 61.1 Å². The third-order valence-electron chi connectivity index (χ3n) is 7.08. The van der Waals surface area contributed by atoms with Crippen molar-refractivity contribution in [1.29, 1.82) is 0 Å². The lowest BCUT2D eigenvalue weighted by atomic mass is 10.1. The van der Waals surface area contributed by atoms with Gasteiger partial charge in [0.25, 0.3) is 5.91 Å². The molecule has 1 aliphatic heterocycles. The summed E-state index contributed by atoms with van der Waals surface area (Å²) in [5.74, 6) is -1.96. The lowest BCUT2D eigenvalue weighted by Crippen LogP contribution is -2.56. The quantitative estimate of drug-likeness (QED) is 0.274. The van der Waals surface area contributed by atoms with E-state index in [9.17, 15) is 29.4 Å². The van der Waals surface area contributed by atoms with Crippen LogP contribution in [0.15, 0.2) is 48.2 Å². The summed E-state index contributed by atoms with van der Waals surface area (Å²) < 4.78 is 5.25. The first-order chi connectivity index (χ1) is 19.8. The van der Waals surface area contributed by atoms with E-state index in [1.807, 2.05) is 37.3 Å². The van der Waals surface area contributed by atoms with Gasteiger partial charge in [-0.25, -0.2) is 14.8 Å². The molecule has 3 N–H and O–H groups in total. The van der Waals surface area contributed by atoms with E-state index in [4.69, 9.17) is 4.74 Å². The van der Waals surface area contributed by atoms with Crippen molar-refractivity contribution in [2.45, 2.75) is 51.0 Å². The Morgan fingerprint density at radius 2 is 1.80 bits per heavy atom. The minimum atomic E-state index is -1.10. The summed E-state index contributed by atoms with van der Waals surface area (Å²) in [7, 11) is 0. The van der Waals surface area contributed by atoms with Crippen LogP contribution in [0.3, 0.4) is 0 Å². The number of benzene rings is 1. The maximum absolute atomic E-state index is 13.4. The number of carboxylic acid groups (broad SMARTS) is 1. The van der Waals surface area contributed by atoms with Crippen molar-refractivity contribution in [3.05, 3.63) is 59.6 Å². The van der Waals surface area contributed by atoms with Crippen molar-refractivity contribution in [2.75, 3.05) is 32.8 Å². The maximum Gasteiger partial charge on any atom is 0.409 e. The van der Waals surface area contributed by atoms with E-state index in [1.165, 1.54) is 15.9 Å². The van der Waals surface area contributed by atoms with Crippen LogP contribution in [0, 0.1) is 0 Å². The second-order valence-electron chi connectivity index (χ2n) is 10.1. The van der Waals surface area contributed by atoms with Crippen molar-refractivity contribution in [3.8, 4) is 11.4 Å². The summed E-state index contributed by atoms with van der Waals surface area (Å²) in [6.45, 7) is 3.35. The molecule has 0 radical (unpaired) electrons. The number of allylic oxidation sites excluding steroid dienone is 1. The Morgan fingerprint density at radius 3 is 2.44 bits per heavy atom. The number of aliphatic carboxylic acids is 1. The summed E-state index contributed by atoms with van der Waals surface area (Å²) in [5, 5.41) is 21.4. The van der Waals surface area contributed by atoms with Gasteiger partial charge >= 0.3 is 12.1 Å². The van der Waals surface area contributed by atoms with Crippen molar-refractivity contribution < 1.29 is 34.1 Å². The number of carbonyl (C=O) groups excluding carboxylic acids is 3. The average molecular weight is 566 g/mol. The Morgan fingerprint density at radius 1 is 1.10 bits per heavy atom. The van der Waals surface area contributed by atoms with Gasteiger partial charge in [-0.2, -0.15) is 0 Å². The number of carboxylic acids is 1. The van der Waals surface area contributed by atoms with Crippen molar-refractivity contribution in [3.63, 3.8) is 0 Å². The van der Waals surface area contributed by atoms with Crippen LogP contribution < -0.4 is 5.32 Å². The van der Waals surface area contributed by atoms with Crippen LogP contribution in [0.4, 0.5) is 4.79 Å². The number of aromatic nitrogens is 2. The molecule has 0 spiro atoms. The molecule has 2 fully saturated rings. The standard InChI is InChI=1S/C29H35N5O7/c1-2-3-15-41-29(40)34-13-11-33(12-14-34)28(39)22(9-10-25(36)37)32-27(38)24-17-23(21-16-20(21)18-35)30-26(31-24)19-7-5-4-6-8-19/h4-8,17-18,21-22,35H,2-3,9-16H2,1H3,(H,32,38)(H,36,37)/b20-18-/t21-,22-/m0/s1. The Bertz CT molecular complexity index is 1290. The van der Waals surface area contributed by atoms with Gasteiger partial charge in [-0.3, -0.25) is 14.4 Å². The van der Waals surface area contributed by atoms with Gasteiger partial charge in [0.15, 0.2) is 5.82 Å². The summed E-state index contributed by atoms with van der Waals surface area (Å²) in [5.41, 5.74) is 2.09. The number of rotatable bonds is 11. The van der Waals surface area contributed by atoms with Gasteiger partial charge in [-0.15, -0.1) is 0 Å². The Balaban J connectivity index is 1.49. The number of carbonyl (C=O) groups is 4. The minimum absolute atomic E-state index is 0.0332. The number of amides is 3. The lowest BCUT2D eigenvalue weighted by molar-refractivity contribution is -0.138. The molecule has 1 saturated heterocycles. The topological polar surface area (TPSA) is 162 Å². The Kier molecular flexibility index (Phi) is 9.88. The zero-order valence-electron chi connectivity index (χ0n) is 23.0. The third-order valence-corrected chi connectivity index (χ3v) is 7.08. The van der Waals surface area contributed by atoms with E-state index in [0.717, 1.165) is 24.7 Å². The minimum Gasteiger partial charge on any atom is -0.516 e. The second kappa shape index (κ2) is 13.7. The fraction of sp³-hybridized carbons (Fsp3) is 0.448. The zero-order chi connectivity index (χ0) is 29.4. The summed E-state index contributed by atoms with van der Waals surface area (Å²) in [6, 6.07) is 9.56. The number of hydrogen-bond acceptors (Lipinski definition) is 8. The van der Waals surface area contributed by atoms with E-state index in [-0.39, 0.29) is 50.6 Å². The molecule has 1 aliphatic carbocycles. The first kappa shape index (κ1) is 29.5. The second-order valence-corrected chi connectivity index (χ2v) is 10.1. The molecule has 2 aromatic rings. The molecule has 3 amide bonds. The number of hydrogen-bond donors (Lipinski definition) is 3. The highest BCUT2D eigenvalue weighted by molar-refractivity contribution is 5.96. The van der Waals surface area contributed by atoms with E-state index >= 15 is 0 Å². The van der Waals surface area contributed by atoms with E-state index in [1.54, 1.807) is 0 Å².